The van der Waals surface area contributed by atoms with Gasteiger partial charge < -0.3 is 19.9 Å². The second kappa shape index (κ2) is 7.63. The number of carbonyl (C=O) groups excluding carboxylic acids is 1. The fraction of sp³-hybridized carbons (Fsp3) is 0.368. The predicted octanol–water partition coefficient (Wildman–Crippen LogP) is 1.62. The van der Waals surface area contributed by atoms with Gasteiger partial charge in [-0.15, -0.1) is 0 Å². The second-order valence-electron chi connectivity index (χ2n) is 6.50. The van der Waals surface area contributed by atoms with E-state index < -0.39 is 30.9 Å². The number of aliphatic hydroxyl groups is 1. The van der Waals surface area contributed by atoms with Crippen LogP contribution in [-0.2, 0) is 9.47 Å². The predicted molar refractivity (Wildman–Crippen MR) is 101 cm³/mol. The average molecular weight is 385 g/mol. The van der Waals surface area contributed by atoms with E-state index in [1.54, 1.807) is 35.8 Å². The van der Waals surface area contributed by atoms with E-state index in [9.17, 15) is 9.90 Å². The van der Waals surface area contributed by atoms with E-state index in [4.69, 9.17) is 12.2 Å². The Balaban J connectivity index is 1.67. The second-order valence-corrected chi connectivity index (χ2v) is 6.50. The first kappa shape index (κ1) is 16.1. The summed E-state index contributed by atoms with van der Waals surface area (Å²) in [7, 11) is 1.49. The number of carbonyl (C=O) groups is 1. The molecule has 0 unspecified atom stereocenters. The van der Waals surface area contributed by atoms with Gasteiger partial charge in [-0.05, 0) is 12.1 Å². The van der Waals surface area contributed by atoms with Crippen molar-refractivity contribution in [3.8, 4) is 0 Å². The zero-order valence-corrected chi connectivity index (χ0v) is 15.3. The van der Waals surface area contributed by atoms with Crippen molar-refractivity contribution >= 4 is 22.9 Å². The third kappa shape index (κ3) is 3.13. The topological polar surface area (TPSA) is 111 Å². The van der Waals surface area contributed by atoms with Gasteiger partial charge in [0.1, 0.15) is 12.4 Å². The van der Waals surface area contributed by atoms with Crippen LogP contribution in [-0.4, -0.2) is 56.4 Å². The molecule has 0 saturated carbocycles. The Morgan fingerprint density at radius 1 is 1.36 bits per heavy atom. The van der Waals surface area contributed by atoms with Crippen LogP contribution in [0.25, 0.3) is 11.2 Å². The number of rotatable bonds is 5. The van der Waals surface area contributed by atoms with Crippen LogP contribution in [0.2, 0.25) is 0 Å². The third-order valence-electron chi connectivity index (χ3n) is 4.86. The number of fused-ring (bicyclic) bond motifs is 1. The monoisotopic (exact) mass is 385 g/mol. The SMILES string of the molecule is [2H]C([2H])(O)[C@H]1O[C@@H](n2cnc3c(NC(=O)c4ccccc4)ncnc32)[C@H](OC)[C@@H]1C. The highest BCUT2D eigenvalue weighted by atomic mass is 16.6. The molecule has 4 atom stereocenters. The molecule has 3 aromatic rings. The molecule has 0 radical (unpaired) electrons. The Morgan fingerprint density at radius 3 is 2.86 bits per heavy atom. The molecule has 0 bridgehead atoms. The van der Waals surface area contributed by atoms with Crippen molar-refractivity contribution in [1.82, 2.24) is 19.5 Å². The normalized spacial score (nSPS) is 26.1. The maximum Gasteiger partial charge on any atom is 0.256 e. The molecule has 1 fully saturated rings. The van der Waals surface area contributed by atoms with E-state index in [-0.39, 0.29) is 11.7 Å². The van der Waals surface area contributed by atoms with Gasteiger partial charge in [0.05, 0.1) is 21.7 Å². The summed E-state index contributed by atoms with van der Waals surface area (Å²) in [4.78, 5) is 25.2. The van der Waals surface area contributed by atoms with E-state index in [1.165, 1.54) is 19.8 Å². The van der Waals surface area contributed by atoms with E-state index >= 15 is 0 Å². The van der Waals surface area contributed by atoms with Gasteiger partial charge >= 0.3 is 0 Å². The average Bonchev–Trinajstić information content (AvgIpc) is 3.29. The summed E-state index contributed by atoms with van der Waals surface area (Å²) in [5.74, 6) is -0.530. The van der Waals surface area contributed by atoms with Crippen molar-refractivity contribution in [1.29, 1.82) is 0 Å². The molecule has 28 heavy (non-hydrogen) atoms. The number of anilines is 1. The number of nitrogens with zero attached hydrogens (tertiary/aromatic N) is 4. The lowest BCUT2D eigenvalue weighted by Crippen LogP contribution is -2.27. The minimum Gasteiger partial charge on any atom is -0.394 e. The van der Waals surface area contributed by atoms with Crippen molar-refractivity contribution < 1.29 is 22.1 Å². The number of methoxy groups -OCH3 is 1. The summed E-state index contributed by atoms with van der Waals surface area (Å²) in [5, 5.41) is 12.6. The quantitative estimate of drug-likeness (QED) is 0.686. The zero-order valence-electron chi connectivity index (χ0n) is 17.3. The molecular weight excluding hydrogens is 362 g/mol. The Hall–Kier alpha value is -2.88. The smallest absolute Gasteiger partial charge is 0.256 e. The van der Waals surface area contributed by atoms with Crippen LogP contribution in [0.15, 0.2) is 43.0 Å². The summed E-state index contributed by atoms with van der Waals surface area (Å²) in [5.41, 5.74) is 1.21. The first-order valence-corrected chi connectivity index (χ1v) is 8.76. The summed E-state index contributed by atoms with van der Waals surface area (Å²) in [6.07, 6.45) is 0.353. The molecule has 0 aliphatic carbocycles. The van der Waals surface area contributed by atoms with Gasteiger partial charge in [-0.25, -0.2) is 15.0 Å². The van der Waals surface area contributed by atoms with Crippen molar-refractivity contribution in [3.63, 3.8) is 0 Å². The number of aromatic nitrogens is 4. The van der Waals surface area contributed by atoms with Crippen LogP contribution >= 0.6 is 0 Å². The molecule has 1 aromatic carbocycles. The molecule has 2 N–H and O–H groups in total. The lowest BCUT2D eigenvalue weighted by atomic mass is 10.0. The van der Waals surface area contributed by atoms with E-state index in [0.29, 0.717) is 16.7 Å². The molecule has 2 aromatic heterocycles. The molecule has 1 aliphatic heterocycles. The third-order valence-corrected chi connectivity index (χ3v) is 4.86. The number of benzene rings is 1. The van der Waals surface area contributed by atoms with Crippen molar-refractivity contribution in [3.05, 3.63) is 48.5 Å². The van der Waals surface area contributed by atoms with Crippen LogP contribution in [0.3, 0.4) is 0 Å². The van der Waals surface area contributed by atoms with Gasteiger partial charge in [-0.3, -0.25) is 9.36 Å². The molecule has 9 heteroatoms. The molecule has 1 saturated heterocycles. The summed E-state index contributed by atoms with van der Waals surface area (Å²) in [6, 6.07) is 8.72. The number of ether oxygens (including phenoxy) is 2. The minimum absolute atomic E-state index is 0.238. The summed E-state index contributed by atoms with van der Waals surface area (Å²) < 4.78 is 28.2. The first-order valence-electron chi connectivity index (χ1n) is 9.76. The zero-order chi connectivity index (χ0) is 21.5. The van der Waals surface area contributed by atoms with Crippen LogP contribution < -0.4 is 5.32 Å². The highest BCUT2D eigenvalue weighted by Gasteiger charge is 2.43. The molecule has 146 valence electrons. The summed E-state index contributed by atoms with van der Waals surface area (Å²) in [6.45, 7) is -0.794. The Morgan fingerprint density at radius 2 is 2.14 bits per heavy atom. The van der Waals surface area contributed by atoms with Gasteiger partial charge in [0.25, 0.3) is 5.91 Å². The molecule has 1 amide bonds. The number of hydrogen-bond acceptors (Lipinski definition) is 7. The molecule has 9 nitrogen and oxygen atoms in total. The standard InChI is InChI=1S/C19H21N5O4/c1-11-13(8-25)28-19(15(11)27-2)24-10-22-14-16(20-9-21-17(14)24)23-18(26)12-6-4-3-5-7-12/h3-7,9-11,13,15,19,25H,8H2,1-2H3,(H,20,21,23,26)/t11-,13-,15-,19-/m1/s1/i8D2. The first-order chi connectivity index (χ1) is 14.3. The summed E-state index contributed by atoms with van der Waals surface area (Å²) >= 11 is 0. The van der Waals surface area contributed by atoms with Crippen LogP contribution in [0, 0.1) is 5.92 Å². The fourth-order valence-electron chi connectivity index (χ4n) is 3.39. The van der Waals surface area contributed by atoms with Crippen molar-refractivity contribution in [2.24, 2.45) is 5.92 Å². The fourth-order valence-corrected chi connectivity index (χ4v) is 3.39. The van der Waals surface area contributed by atoms with Crippen LogP contribution in [0.4, 0.5) is 5.82 Å². The molecular formula is C19H21N5O4. The van der Waals surface area contributed by atoms with Crippen molar-refractivity contribution in [2.45, 2.75) is 25.4 Å². The number of imidazole rings is 1. The van der Waals surface area contributed by atoms with Crippen molar-refractivity contribution in [2.75, 3.05) is 19.0 Å². The lowest BCUT2D eigenvalue weighted by Gasteiger charge is -2.20. The van der Waals surface area contributed by atoms with Gasteiger partial charge in [0.2, 0.25) is 0 Å². The largest absolute Gasteiger partial charge is 0.394 e. The van der Waals surface area contributed by atoms with Crippen LogP contribution in [0.5, 0.6) is 0 Å². The number of nitrogens with one attached hydrogen (secondary N) is 1. The number of hydrogen-bond donors (Lipinski definition) is 2. The highest BCUT2D eigenvalue weighted by Crippen LogP contribution is 2.37. The van der Waals surface area contributed by atoms with Gasteiger partial charge in [-0.1, -0.05) is 25.1 Å². The Labute approximate surface area is 164 Å². The van der Waals surface area contributed by atoms with Gasteiger partial charge in [-0.2, -0.15) is 0 Å². The Bertz CT molecular complexity index is 1060. The Kier molecular flexibility index (Phi) is 4.39. The maximum absolute atomic E-state index is 12.5. The van der Waals surface area contributed by atoms with Gasteiger partial charge in [0.15, 0.2) is 23.2 Å². The van der Waals surface area contributed by atoms with E-state index in [1.807, 2.05) is 6.07 Å². The lowest BCUT2D eigenvalue weighted by molar-refractivity contribution is -0.0583. The molecule has 1 aliphatic rings. The molecule has 3 heterocycles. The maximum atomic E-state index is 12.5. The highest BCUT2D eigenvalue weighted by molar-refractivity contribution is 6.06. The molecule has 0 spiro atoms. The van der Waals surface area contributed by atoms with E-state index in [0.717, 1.165) is 0 Å². The van der Waals surface area contributed by atoms with Gasteiger partial charge in [0, 0.05) is 18.6 Å². The molecule has 4 rings (SSSR count). The van der Waals surface area contributed by atoms with E-state index in [2.05, 4.69) is 20.3 Å². The number of amides is 1. The minimum atomic E-state index is -2.54. The van der Waals surface area contributed by atoms with Crippen LogP contribution in [0.1, 0.15) is 26.3 Å².